The Bertz CT molecular complexity index is 1840. The lowest BCUT2D eigenvalue weighted by atomic mass is 9.62. The van der Waals surface area contributed by atoms with Crippen LogP contribution in [0, 0.1) is 26.2 Å². The number of carbonyl (C=O) groups excluding carboxylic acids is 2. The lowest BCUT2D eigenvalue weighted by Crippen LogP contribution is -2.55. The molecule has 226 valence electrons. The molecule has 1 aliphatic carbocycles. The normalized spacial score (nSPS) is 19.7. The summed E-state index contributed by atoms with van der Waals surface area (Å²) in [4.78, 5) is 41.8. The molecule has 44 heavy (non-hydrogen) atoms. The second-order valence-corrected chi connectivity index (χ2v) is 12.1. The van der Waals surface area contributed by atoms with Gasteiger partial charge >= 0.3 is 6.18 Å². The van der Waals surface area contributed by atoms with E-state index in [1.54, 1.807) is 30.3 Å². The van der Waals surface area contributed by atoms with E-state index in [0.29, 0.717) is 18.5 Å². The summed E-state index contributed by atoms with van der Waals surface area (Å²) >= 11 is 0. The van der Waals surface area contributed by atoms with E-state index < -0.39 is 45.4 Å². The van der Waals surface area contributed by atoms with Crippen LogP contribution in [-0.2, 0) is 27.8 Å². The highest BCUT2D eigenvalue weighted by Gasteiger charge is 2.71. The second-order valence-electron chi connectivity index (χ2n) is 12.1. The number of nitrogens with one attached hydrogen (secondary N) is 2. The van der Waals surface area contributed by atoms with Crippen molar-refractivity contribution in [1.82, 2.24) is 15.1 Å². The van der Waals surface area contributed by atoms with Gasteiger partial charge in [-0.15, -0.1) is 0 Å². The number of alkyl halides is 3. The van der Waals surface area contributed by atoms with Crippen molar-refractivity contribution in [3.05, 3.63) is 134 Å². The monoisotopic (exact) mass is 599 g/mol. The lowest BCUT2D eigenvalue weighted by molar-refractivity contribution is -0.185. The highest BCUT2D eigenvalue weighted by Crippen LogP contribution is 2.56. The maximum Gasteiger partial charge on any atom is 0.411 e. The summed E-state index contributed by atoms with van der Waals surface area (Å²) in [6, 6.07) is 23.6. The van der Waals surface area contributed by atoms with Crippen molar-refractivity contribution >= 4 is 11.7 Å². The Morgan fingerprint density at radius 3 is 1.86 bits per heavy atom. The fraction of sp³-hybridized carbons (Fsp3) is 0.286. The number of hydrogen-bond acceptors (Lipinski definition) is 3. The van der Waals surface area contributed by atoms with Crippen LogP contribution in [-0.4, -0.2) is 27.6 Å². The van der Waals surface area contributed by atoms with Crippen molar-refractivity contribution in [3.63, 3.8) is 0 Å². The molecule has 0 spiro atoms. The summed E-state index contributed by atoms with van der Waals surface area (Å²) in [7, 11) is 0. The Balaban J connectivity index is 1.54. The largest absolute Gasteiger partial charge is 0.411 e. The molecule has 0 saturated heterocycles. The van der Waals surface area contributed by atoms with E-state index in [1.807, 2.05) is 62.4 Å². The maximum atomic E-state index is 15.5. The van der Waals surface area contributed by atoms with Crippen molar-refractivity contribution in [3.8, 4) is 5.69 Å². The van der Waals surface area contributed by atoms with E-state index >= 15 is 13.2 Å². The fourth-order valence-corrected chi connectivity index (χ4v) is 7.14. The zero-order valence-corrected chi connectivity index (χ0v) is 24.6. The van der Waals surface area contributed by atoms with E-state index in [4.69, 9.17) is 0 Å². The molecule has 6 rings (SSSR count). The van der Waals surface area contributed by atoms with Crippen LogP contribution in [0.1, 0.15) is 46.4 Å². The van der Waals surface area contributed by atoms with Crippen LogP contribution in [0.2, 0.25) is 0 Å². The van der Waals surface area contributed by atoms with Crippen molar-refractivity contribution in [2.45, 2.75) is 58.0 Å². The van der Waals surface area contributed by atoms with E-state index in [9.17, 15) is 14.4 Å². The van der Waals surface area contributed by atoms with E-state index in [1.165, 1.54) is 6.92 Å². The number of rotatable bonds is 6. The Labute approximate surface area is 252 Å². The summed E-state index contributed by atoms with van der Waals surface area (Å²) < 4.78 is 47.3. The van der Waals surface area contributed by atoms with Crippen LogP contribution in [0.5, 0.6) is 0 Å². The third-order valence-electron chi connectivity index (χ3n) is 9.19. The fourth-order valence-electron chi connectivity index (χ4n) is 7.14. The van der Waals surface area contributed by atoms with Crippen LogP contribution in [0.25, 0.3) is 5.69 Å². The number of aryl methyl sites for hydroxylation is 3. The van der Waals surface area contributed by atoms with E-state index in [0.717, 1.165) is 26.9 Å². The van der Waals surface area contributed by atoms with Crippen molar-refractivity contribution < 1.29 is 22.8 Å². The number of Topliss-reactive ketones (excluding diaryl/α,β-unsaturated/α-hetero) is 1. The third kappa shape index (κ3) is 4.53. The molecule has 1 atom stereocenters. The van der Waals surface area contributed by atoms with Gasteiger partial charge in [-0.25, -0.2) is 4.68 Å². The summed E-state index contributed by atoms with van der Waals surface area (Å²) in [6.45, 7) is 5.25. The standard InChI is InChI=1S/C35H32F3N3O3/c1-21-11-7-9-13-24(21)17-33(18-25-14-10-8-12-22(25)2)19-27-30(28(42)20-33)34(32(44)39-27,35(36,37)38)29-23(3)40-41(31(29)43)26-15-5-4-6-16-26/h4-16,40H,17-20H2,1-3H3,(H,39,44). The number of ketones is 1. The first-order valence-corrected chi connectivity index (χ1v) is 14.5. The predicted octanol–water partition coefficient (Wildman–Crippen LogP) is 6.11. The number of benzene rings is 3. The topological polar surface area (TPSA) is 84.0 Å². The SMILES string of the molecule is Cc1ccccc1CC1(Cc2ccccc2C)CC(=O)C2=C(C1)NC(=O)C2(c1c(C)[nH]n(-c2ccccc2)c1=O)C(F)(F)F. The molecule has 0 saturated carbocycles. The van der Waals surface area contributed by atoms with Crippen LogP contribution < -0.4 is 10.9 Å². The number of allylic oxidation sites excluding steroid dienone is 1. The molecule has 0 radical (unpaired) electrons. The molecule has 1 aliphatic heterocycles. The smallest absolute Gasteiger partial charge is 0.328 e. The van der Waals surface area contributed by atoms with Gasteiger partial charge in [0.2, 0.25) is 11.3 Å². The van der Waals surface area contributed by atoms with Crippen LogP contribution in [0.3, 0.4) is 0 Å². The van der Waals surface area contributed by atoms with Crippen LogP contribution in [0.15, 0.2) is 94.9 Å². The highest BCUT2D eigenvalue weighted by atomic mass is 19.4. The first-order valence-electron chi connectivity index (χ1n) is 14.5. The average molecular weight is 600 g/mol. The molecular weight excluding hydrogens is 567 g/mol. The molecule has 1 aromatic heterocycles. The van der Waals surface area contributed by atoms with Gasteiger partial charge in [-0.2, -0.15) is 13.2 Å². The summed E-state index contributed by atoms with van der Waals surface area (Å²) in [5.41, 5.74) is -2.62. The number of para-hydroxylation sites is 1. The van der Waals surface area contributed by atoms with E-state index in [-0.39, 0.29) is 24.2 Å². The molecule has 4 aromatic rings. The molecule has 2 aliphatic rings. The van der Waals surface area contributed by atoms with Gasteiger partial charge in [0, 0.05) is 23.4 Å². The molecule has 2 heterocycles. The van der Waals surface area contributed by atoms with Crippen molar-refractivity contribution in [2.75, 3.05) is 0 Å². The van der Waals surface area contributed by atoms with Gasteiger partial charge < -0.3 is 5.32 Å². The molecule has 3 aromatic carbocycles. The number of carbonyl (C=O) groups is 2. The van der Waals surface area contributed by atoms with Gasteiger partial charge in [0.05, 0.1) is 11.3 Å². The number of H-pyrrole nitrogens is 1. The van der Waals surface area contributed by atoms with Gasteiger partial charge in [0.15, 0.2) is 5.78 Å². The molecule has 2 N–H and O–H groups in total. The Kier molecular flexibility index (Phi) is 7.02. The summed E-state index contributed by atoms with van der Waals surface area (Å²) in [5.74, 6) is -2.21. The number of hydrogen-bond donors (Lipinski definition) is 2. The second kappa shape index (κ2) is 10.5. The third-order valence-corrected chi connectivity index (χ3v) is 9.19. The van der Waals surface area contributed by atoms with Gasteiger partial charge in [-0.05, 0) is 79.8 Å². The van der Waals surface area contributed by atoms with Crippen molar-refractivity contribution in [1.29, 1.82) is 0 Å². The van der Waals surface area contributed by atoms with Gasteiger partial charge in [-0.3, -0.25) is 19.5 Å². The first kappa shape index (κ1) is 29.4. The molecule has 0 bridgehead atoms. The molecular formula is C35H32F3N3O3. The van der Waals surface area contributed by atoms with Gasteiger partial charge in [-0.1, -0.05) is 66.7 Å². The number of aromatic amines is 1. The zero-order chi connectivity index (χ0) is 31.4. The predicted molar refractivity (Wildman–Crippen MR) is 160 cm³/mol. The lowest BCUT2D eigenvalue weighted by Gasteiger charge is -2.40. The minimum atomic E-state index is -5.27. The molecule has 1 unspecified atom stereocenters. The Morgan fingerprint density at radius 1 is 0.773 bits per heavy atom. The minimum absolute atomic E-state index is 0.0384. The van der Waals surface area contributed by atoms with E-state index in [2.05, 4.69) is 10.4 Å². The summed E-state index contributed by atoms with van der Waals surface area (Å²) in [5, 5.41) is 5.20. The van der Waals surface area contributed by atoms with Crippen molar-refractivity contribution in [2.24, 2.45) is 5.41 Å². The van der Waals surface area contributed by atoms with Gasteiger partial charge in [0.25, 0.3) is 5.56 Å². The van der Waals surface area contributed by atoms with Crippen LogP contribution >= 0.6 is 0 Å². The summed E-state index contributed by atoms with van der Waals surface area (Å²) in [6.07, 6.45) is -4.59. The quantitative estimate of drug-likeness (QED) is 0.281. The zero-order valence-electron chi connectivity index (χ0n) is 24.6. The molecule has 9 heteroatoms. The van der Waals surface area contributed by atoms with Crippen LogP contribution in [0.4, 0.5) is 13.2 Å². The molecule has 0 fully saturated rings. The highest BCUT2D eigenvalue weighted by molar-refractivity contribution is 6.13. The number of aromatic nitrogens is 2. The van der Waals surface area contributed by atoms with Gasteiger partial charge in [0.1, 0.15) is 0 Å². The number of amides is 1. The number of halogens is 3. The molecule has 6 nitrogen and oxygen atoms in total. The minimum Gasteiger partial charge on any atom is -0.328 e. The Morgan fingerprint density at radius 2 is 1.32 bits per heavy atom. The maximum absolute atomic E-state index is 15.5. The Hall–Kier alpha value is -4.66. The number of nitrogens with zero attached hydrogens (tertiary/aromatic N) is 1. The molecule has 1 amide bonds. The average Bonchev–Trinajstić information content (AvgIpc) is 3.43. The first-order chi connectivity index (χ1) is 20.9.